The van der Waals surface area contributed by atoms with Crippen molar-refractivity contribution in [3.05, 3.63) is 11.5 Å². The van der Waals surface area contributed by atoms with E-state index in [-0.39, 0.29) is 0 Å². The van der Waals surface area contributed by atoms with Gasteiger partial charge in [-0.05, 0) is 19.3 Å². The molecule has 0 aromatic carbocycles. The van der Waals surface area contributed by atoms with Gasteiger partial charge < -0.3 is 4.57 Å². The smallest absolute Gasteiger partial charge is 0.158 e. The van der Waals surface area contributed by atoms with Crippen molar-refractivity contribution in [1.29, 1.82) is 0 Å². The van der Waals surface area contributed by atoms with Gasteiger partial charge >= 0.3 is 0 Å². The number of halogens is 1. The molecule has 0 aliphatic heterocycles. The summed E-state index contributed by atoms with van der Waals surface area (Å²) in [6.45, 7) is 6.59. The minimum atomic E-state index is 0.448. The molecule has 0 radical (unpaired) electrons. The number of imidazole rings is 1. The molecule has 2 heterocycles. The summed E-state index contributed by atoms with van der Waals surface area (Å²) in [5.41, 5.74) is 3.25. The third kappa shape index (κ3) is 2.38. The van der Waals surface area contributed by atoms with Gasteiger partial charge in [0.2, 0.25) is 0 Å². The van der Waals surface area contributed by atoms with E-state index in [0.29, 0.717) is 11.9 Å². The molecule has 2 aromatic heterocycles. The van der Waals surface area contributed by atoms with Gasteiger partial charge in [0.05, 0.1) is 11.6 Å². The van der Waals surface area contributed by atoms with Gasteiger partial charge in [-0.15, -0.1) is 11.6 Å². The maximum Gasteiger partial charge on any atom is 0.158 e. The topological polar surface area (TPSA) is 35.6 Å². The molecule has 0 fully saturated rings. The first-order valence-electron chi connectivity index (χ1n) is 7.16. The van der Waals surface area contributed by atoms with E-state index in [1.165, 1.54) is 0 Å². The summed E-state index contributed by atoms with van der Waals surface area (Å²) in [4.78, 5) is 4.74. The number of aryl methyl sites for hydroxylation is 2. The van der Waals surface area contributed by atoms with Crippen LogP contribution in [0.1, 0.15) is 57.6 Å². The second-order valence-corrected chi connectivity index (χ2v) is 5.26. The quantitative estimate of drug-likeness (QED) is 0.755. The zero-order chi connectivity index (χ0) is 14.0. The van der Waals surface area contributed by atoms with Crippen LogP contribution in [0, 0.1) is 0 Å². The lowest BCUT2D eigenvalue weighted by Gasteiger charge is -2.18. The van der Waals surface area contributed by atoms with Crippen LogP contribution in [-0.2, 0) is 19.3 Å². The maximum atomic E-state index is 6.09. The number of hydrogen-bond donors (Lipinski definition) is 0. The number of rotatable bonds is 6. The van der Waals surface area contributed by atoms with Gasteiger partial charge in [-0.1, -0.05) is 27.2 Å². The summed E-state index contributed by atoms with van der Waals surface area (Å²) >= 11 is 6.09. The molecule has 0 aliphatic carbocycles. The zero-order valence-corrected chi connectivity index (χ0v) is 13.0. The predicted octanol–water partition coefficient (Wildman–Crippen LogP) is 3.82. The van der Waals surface area contributed by atoms with E-state index in [2.05, 4.69) is 30.4 Å². The van der Waals surface area contributed by atoms with Gasteiger partial charge in [-0.2, -0.15) is 5.10 Å². The fourth-order valence-electron chi connectivity index (χ4n) is 2.78. The van der Waals surface area contributed by atoms with Crippen LogP contribution in [0.15, 0.2) is 0 Å². The lowest BCUT2D eigenvalue weighted by Crippen LogP contribution is -2.12. The zero-order valence-electron chi connectivity index (χ0n) is 12.3. The lowest BCUT2D eigenvalue weighted by atomic mass is 10.1. The molecule has 19 heavy (non-hydrogen) atoms. The Hall–Kier alpha value is -1.03. The van der Waals surface area contributed by atoms with Gasteiger partial charge in [-0.3, -0.25) is 4.68 Å². The van der Waals surface area contributed by atoms with Crippen molar-refractivity contribution in [2.45, 2.75) is 58.4 Å². The van der Waals surface area contributed by atoms with E-state index >= 15 is 0 Å². The number of alkyl halides is 1. The van der Waals surface area contributed by atoms with Gasteiger partial charge in [-0.25, -0.2) is 4.98 Å². The van der Waals surface area contributed by atoms with Crippen molar-refractivity contribution in [3.8, 4) is 0 Å². The van der Waals surface area contributed by atoms with E-state index in [4.69, 9.17) is 16.6 Å². The molecule has 0 bridgehead atoms. The number of nitrogens with zero attached hydrogens (tertiary/aromatic N) is 4. The predicted molar refractivity (Wildman–Crippen MR) is 79.7 cm³/mol. The molecular formula is C14H23ClN4. The summed E-state index contributed by atoms with van der Waals surface area (Å²) in [6.07, 6.45) is 4.22. The molecule has 5 heteroatoms. The largest absolute Gasteiger partial charge is 0.309 e. The van der Waals surface area contributed by atoms with E-state index in [0.717, 1.165) is 48.4 Å². The van der Waals surface area contributed by atoms with Crippen molar-refractivity contribution < 1.29 is 0 Å². The first-order valence-corrected chi connectivity index (χ1v) is 7.69. The normalized spacial score (nSPS) is 11.9. The summed E-state index contributed by atoms with van der Waals surface area (Å²) in [7, 11) is 2.00. The monoisotopic (exact) mass is 282 g/mol. The molecule has 0 saturated carbocycles. The summed E-state index contributed by atoms with van der Waals surface area (Å²) < 4.78 is 4.25. The van der Waals surface area contributed by atoms with Crippen LogP contribution in [-0.4, -0.2) is 19.3 Å². The minimum Gasteiger partial charge on any atom is -0.309 e. The molecule has 0 atom stereocenters. The van der Waals surface area contributed by atoms with Crippen LogP contribution in [0.3, 0.4) is 0 Å². The van der Waals surface area contributed by atoms with E-state index in [1.54, 1.807) is 0 Å². The maximum absolute atomic E-state index is 6.09. The molecule has 0 unspecified atom stereocenters. The second kappa shape index (κ2) is 5.95. The lowest BCUT2D eigenvalue weighted by molar-refractivity contribution is 0.463. The standard InChI is InChI=1S/C14H23ClN4/c1-5-8-11-13-14(18(4)17-11)19(10(6-2)7-3)12(9-15)16-13/h10H,5-9H2,1-4H3. The number of fused-ring (bicyclic) bond motifs is 1. The molecule has 4 nitrogen and oxygen atoms in total. The molecule has 0 amide bonds. The van der Waals surface area contributed by atoms with Gasteiger partial charge in [0.25, 0.3) is 0 Å². The van der Waals surface area contributed by atoms with Crippen LogP contribution in [0.5, 0.6) is 0 Å². The minimum absolute atomic E-state index is 0.448. The van der Waals surface area contributed by atoms with E-state index in [9.17, 15) is 0 Å². The Bertz CT molecular complexity index is 551. The van der Waals surface area contributed by atoms with Crippen LogP contribution in [0.25, 0.3) is 11.2 Å². The van der Waals surface area contributed by atoms with Crippen molar-refractivity contribution in [3.63, 3.8) is 0 Å². The summed E-state index contributed by atoms with van der Waals surface area (Å²) in [6, 6.07) is 0.448. The van der Waals surface area contributed by atoms with Gasteiger partial charge in [0, 0.05) is 13.1 Å². The van der Waals surface area contributed by atoms with Gasteiger partial charge in [0.1, 0.15) is 11.3 Å². The highest BCUT2D eigenvalue weighted by molar-refractivity contribution is 6.16. The van der Waals surface area contributed by atoms with Crippen molar-refractivity contribution >= 4 is 22.8 Å². The van der Waals surface area contributed by atoms with Crippen LogP contribution in [0.2, 0.25) is 0 Å². The van der Waals surface area contributed by atoms with Crippen LogP contribution < -0.4 is 0 Å². The van der Waals surface area contributed by atoms with Gasteiger partial charge in [0.15, 0.2) is 5.65 Å². The molecule has 0 spiro atoms. The molecule has 2 rings (SSSR count). The van der Waals surface area contributed by atoms with Crippen molar-refractivity contribution in [2.24, 2.45) is 7.05 Å². The molecule has 0 aliphatic rings. The molecule has 0 N–H and O–H groups in total. The number of aromatic nitrogens is 4. The van der Waals surface area contributed by atoms with E-state index < -0.39 is 0 Å². The van der Waals surface area contributed by atoms with Crippen molar-refractivity contribution in [2.75, 3.05) is 0 Å². The molecule has 106 valence electrons. The Morgan fingerprint density at radius 3 is 2.42 bits per heavy atom. The fourth-order valence-corrected chi connectivity index (χ4v) is 2.97. The highest BCUT2D eigenvalue weighted by atomic mass is 35.5. The highest BCUT2D eigenvalue weighted by Gasteiger charge is 2.21. The average Bonchev–Trinajstić information content (AvgIpc) is 2.92. The Kier molecular flexibility index (Phi) is 4.50. The van der Waals surface area contributed by atoms with Crippen LogP contribution >= 0.6 is 11.6 Å². The highest BCUT2D eigenvalue weighted by Crippen LogP contribution is 2.28. The molecular weight excluding hydrogens is 260 g/mol. The third-order valence-corrected chi connectivity index (χ3v) is 3.96. The van der Waals surface area contributed by atoms with Crippen molar-refractivity contribution in [1.82, 2.24) is 19.3 Å². The Morgan fingerprint density at radius 2 is 1.89 bits per heavy atom. The van der Waals surface area contributed by atoms with Crippen LogP contribution in [0.4, 0.5) is 0 Å². The summed E-state index contributed by atoms with van der Waals surface area (Å²) in [5.74, 6) is 1.42. The first-order chi connectivity index (χ1) is 9.17. The average molecular weight is 283 g/mol. The SMILES string of the molecule is CCCc1nn(C)c2c1nc(CCl)n2C(CC)CC. The Labute approximate surface area is 119 Å². The number of hydrogen-bond acceptors (Lipinski definition) is 2. The Balaban J connectivity index is 2.66. The first kappa shape index (κ1) is 14.4. The summed E-state index contributed by atoms with van der Waals surface area (Å²) in [5, 5.41) is 4.62. The molecule has 2 aromatic rings. The fraction of sp³-hybridized carbons (Fsp3) is 0.714. The molecule has 0 saturated heterocycles. The Morgan fingerprint density at radius 1 is 1.21 bits per heavy atom. The third-order valence-electron chi connectivity index (χ3n) is 3.72. The van der Waals surface area contributed by atoms with E-state index in [1.807, 2.05) is 11.7 Å². The second-order valence-electron chi connectivity index (χ2n) is 4.99.